The number of carbonyl (C=O) groups is 1. The lowest BCUT2D eigenvalue weighted by Gasteiger charge is -2.05. The van der Waals surface area contributed by atoms with Gasteiger partial charge in [-0.1, -0.05) is 6.07 Å². The van der Waals surface area contributed by atoms with Gasteiger partial charge in [0.1, 0.15) is 11.1 Å². The van der Waals surface area contributed by atoms with E-state index in [2.05, 4.69) is 5.32 Å². The summed E-state index contributed by atoms with van der Waals surface area (Å²) < 4.78 is 5.24. The second-order valence-electron chi connectivity index (χ2n) is 4.71. The molecule has 3 rings (SSSR count). The van der Waals surface area contributed by atoms with Crippen LogP contribution in [0.25, 0.3) is 21.7 Å². The van der Waals surface area contributed by atoms with Gasteiger partial charge in [0.15, 0.2) is 5.78 Å². The largest absolute Gasteiger partial charge is 0.422 e. The van der Waals surface area contributed by atoms with Crippen molar-refractivity contribution in [2.45, 2.75) is 6.92 Å². The Morgan fingerprint density at radius 2 is 1.85 bits per heavy atom. The van der Waals surface area contributed by atoms with Crippen LogP contribution < -0.4 is 10.9 Å². The third-order valence-electron chi connectivity index (χ3n) is 3.36. The SMILES string of the molecule is CNc1ccc2cc3cc(C(C)=O)c(=O)oc3cc2c1. The number of anilines is 1. The molecule has 0 radical (unpaired) electrons. The van der Waals surface area contributed by atoms with Crippen LogP contribution in [0.4, 0.5) is 5.69 Å². The van der Waals surface area contributed by atoms with Gasteiger partial charge in [0.05, 0.1) is 0 Å². The predicted molar refractivity (Wildman–Crippen MR) is 79.5 cm³/mol. The molecule has 0 unspecified atom stereocenters. The molecule has 100 valence electrons. The van der Waals surface area contributed by atoms with Crippen molar-refractivity contribution in [3.63, 3.8) is 0 Å². The molecule has 0 bridgehead atoms. The van der Waals surface area contributed by atoms with Crippen molar-refractivity contribution in [1.29, 1.82) is 0 Å². The summed E-state index contributed by atoms with van der Waals surface area (Å²) in [6.07, 6.45) is 0. The zero-order valence-electron chi connectivity index (χ0n) is 11.2. The molecule has 0 saturated heterocycles. The van der Waals surface area contributed by atoms with E-state index >= 15 is 0 Å². The number of benzene rings is 2. The van der Waals surface area contributed by atoms with Crippen LogP contribution in [0.1, 0.15) is 17.3 Å². The van der Waals surface area contributed by atoms with Gasteiger partial charge in [-0.2, -0.15) is 0 Å². The normalized spacial score (nSPS) is 10.9. The van der Waals surface area contributed by atoms with Crippen LogP contribution in [0, 0.1) is 0 Å². The molecule has 4 heteroatoms. The summed E-state index contributed by atoms with van der Waals surface area (Å²) in [6.45, 7) is 1.36. The van der Waals surface area contributed by atoms with Crippen LogP contribution in [-0.2, 0) is 0 Å². The maximum Gasteiger partial charge on any atom is 0.347 e. The van der Waals surface area contributed by atoms with E-state index in [-0.39, 0.29) is 11.3 Å². The average Bonchev–Trinajstić information content (AvgIpc) is 2.43. The highest BCUT2D eigenvalue weighted by molar-refractivity contribution is 6.00. The van der Waals surface area contributed by atoms with Gasteiger partial charge in [0, 0.05) is 18.1 Å². The predicted octanol–water partition coefficient (Wildman–Crippen LogP) is 3.19. The lowest BCUT2D eigenvalue weighted by molar-refractivity contribution is 0.101. The van der Waals surface area contributed by atoms with Crippen molar-refractivity contribution in [3.05, 3.63) is 52.4 Å². The minimum absolute atomic E-state index is 0.0868. The molecule has 0 amide bonds. The molecule has 0 aliphatic rings. The zero-order valence-corrected chi connectivity index (χ0v) is 11.2. The molecule has 1 N–H and O–H groups in total. The van der Waals surface area contributed by atoms with Gasteiger partial charge in [0.2, 0.25) is 0 Å². The monoisotopic (exact) mass is 267 g/mol. The Morgan fingerprint density at radius 1 is 1.05 bits per heavy atom. The Bertz CT molecular complexity index is 893. The molecule has 4 nitrogen and oxygen atoms in total. The number of hydrogen-bond acceptors (Lipinski definition) is 4. The fourth-order valence-electron chi connectivity index (χ4n) is 2.27. The minimum Gasteiger partial charge on any atom is -0.422 e. The topological polar surface area (TPSA) is 59.3 Å². The number of rotatable bonds is 2. The van der Waals surface area contributed by atoms with Crippen LogP contribution >= 0.6 is 0 Å². The first-order valence-corrected chi connectivity index (χ1v) is 6.29. The second-order valence-corrected chi connectivity index (χ2v) is 4.71. The third-order valence-corrected chi connectivity index (χ3v) is 3.36. The van der Waals surface area contributed by atoms with Crippen molar-refractivity contribution in [3.8, 4) is 0 Å². The molecule has 0 aliphatic heterocycles. The summed E-state index contributed by atoms with van der Waals surface area (Å²) in [5.41, 5.74) is 0.970. The Kier molecular flexibility index (Phi) is 2.79. The summed E-state index contributed by atoms with van der Waals surface area (Å²) in [4.78, 5) is 23.1. The maximum absolute atomic E-state index is 11.7. The van der Waals surface area contributed by atoms with E-state index in [1.165, 1.54) is 6.92 Å². The van der Waals surface area contributed by atoms with Gasteiger partial charge >= 0.3 is 5.63 Å². The number of fused-ring (bicyclic) bond motifs is 2. The number of ketones is 1. The summed E-state index contributed by atoms with van der Waals surface area (Å²) in [5.74, 6) is -0.286. The van der Waals surface area contributed by atoms with Gasteiger partial charge in [0.25, 0.3) is 0 Å². The van der Waals surface area contributed by atoms with E-state index in [0.717, 1.165) is 21.8 Å². The summed E-state index contributed by atoms with van der Waals surface area (Å²) in [5, 5.41) is 5.82. The Morgan fingerprint density at radius 3 is 2.55 bits per heavy atom. The molecule has 1 heterocycles. The Hall–Kier alpha value is -2.62. The average molecular weight is 267 g/mol. The lowest BCUT2D eigenvalue weighted by atomic mass is 10.1. The molecule has 0 saturated carbocycles. The fourth-order valence-corrected chi connectivity index (χ4v) is 2.27. The van der Waals surface area contributed by atoms with Crippen LogP contribution in [0.5, 0.6) is 0 Å². The van der Waals surface area contributed by atoms with Gasteiger partial charge in [-0.25, -0.2) is 4.79 Å². The van der Waals surface area contributed by atoms with E-state index in [0.29, 0.717) is 5.58 Å². The number of Topliss-reactive ketones (excluding diaryl/α,β-unsaturated/α-hetero) is 1. The molecule has 20 heavy (non-hydrogen) atoms. The summed E-state index contributed by atoms with van der Waals surface area (Å²) >= 11 is 0. The highest BCUT2D eigenvalue weighted by Crippen LogP contribution is 2.25. The van der Waals surface area contributed by atoms with E-state index in [4.69, 9.17) is 4.42 Å². The molecule has 1 aromatic heterocycles. The Balaban J connectivity index is 2.35. The van der Waals surface area contributed by atoms with Crippen LogP contribution in [-0.4, -0.2) is 12.8 Å². The molecule has 0 spiro atoms. The van der Waals surface area contributed by atoms with Crippen LogP contribution in [0.2, 0.25) is 0 Å². The van der Waals surface area contributed by atoms with E-state index in [9.17, 15) is 9.59 Å². The number of nitrogens with one attached hydrogen (secondary N) is 1. The number of hydrogen-bond donors (Lipinski definition) is 1. The number of carbonyl (C=O) groups excluding carboxylic acids is 1. The standard InChI is InChI=1S/C16H13NO3/c1-9(18)14-7-12-5-10-3-4-13(17-2)6-11(10)8-15(12)20-16(14)19/h3-8,17H,1-2H3. The third kappa shape index (κ3) is 1.95. The van der Waals surface area contributed by atoms with Gasteiger partial charge in [-0.3, -0.25) is 4.79 Å². The van der Waals surface area contributed by atoms with Gasteiger partial charge < -0.3 is 9.73 Å². The van der Waals surface area contributed by atoms with Crippen molar-refractivity contribution in [1.82, 2.24) is 0 Å². The van der Waals surface area contributed by atoms with Crippen molar-refractivity contribution >= 4 is 33.2 Å². The summed E-state index contributed by atoms with van der Waals surface area (Å²) in [6, 6.07) is 11.3. The van der Waals surface area contributed by atoms with E-state index in [1.54, 1.807) is 6.07 Å². The maximum atomic E-state index is 11.7. The van der Waals surface area contributed by atoms with Crippen LogP contribution in [0.3, 0.4) is 0 Å². The quantitative estimate of drug-likeness (QED) is 0.440. The van der Waals surface area contributed by atoms with Crippen molar-refractivity contribution < 1.29 is 9.21 Å². The van der Waals surface area contributed by atoms with Crippen LogP contribution in [0.15, 0.2) is 45.6 Å². The van der Waals surface area contributed by atoms with Crippen molar-refractivity contribution in [2.24, 2.45) is 0 Å². The molecule has 2 aromatic carbocycles. The first-order chi connectivity index (χ1) is 9.58. The van der Waals surface area contributed by atoms with E-state index in [1.807, 2.05) is 37.4 Å². The fraction of sp³-hybridized carbons (Fsp3) is 0.125. The van der Waals surface area contributed by atoms with Gasteiger partial charge in [-0.05, 0) is 48.0 Å². The molecule has 0 atom stereocenters. The second kappa shape index (κ2) is 4.49. The van der Waals surface area contributed by atoms with E-state index < -0.39 is 5.63 Å². The lowest BCUT2D eigenvalue weighted by Crippen LogP contribution is -2.10. The Labute approximate surface area is 115 Å². The van der Waals surface area contributed by atoms with Crippen molar-refractivity contribution in [2.75, 3.05) is 12.4 Å². The first-order valence-electron chi connectivity index (χ1n) is 6.29. The molecular formula is C16H13NO3. The zero-order chi connectivity index (χ0) is 14.3. The molecular weight excluding hydrogens is 254 g/mol. The molecule has 3 aromatic rings. The van der Waals surface area contributed by atoms with Gasteiger partial charge in [-0.15, -0.1) is 0 Å². The highest BCUT2D eigenvalue weighted by atomic mass is 16.4. The molecule has 0 fully saturated rings. The molecule has 0 aliphatic carbocycles. The first kappa shape index (κ1) is 12.4. The highest BCUT2D eigenvalue weighted by Gasteiger charge is 2.10. The minimum atomic E-state index is -0.589. The smallest absolute Gasteiger partial charge is 0.347 e. The summed E-state index contributed by atoms with van der Waals surface area (Å²) in [7, 11) is 1.85.